The van der Waals surface area contributed by atoms with Gasteiger partial charge >= 0.3 is 0 Å². The predicted octanol–water partition coefficient (Wildman–Crippen LogP) is 7.04. The molecule has 0 radical (unpaired) electrons. The van der Waals surface area contributed by atoms with Crippen LogP contribution >= 0.6 is 23.2 Å². The molecular formula is C24H19Cl2NO2. The summed E-state index contributed by atoms with van der Waals surface area (Å²) in [7, 11) is 0. The van der Waals surface area contributed by atoms with Crippen molar-refractivity contribution in [1.82, 2.24) is 0 Å². The van der Waals surface area contributed by atoms with Crippen LogP contribution in [0.15, 0.2) is 66.7 Å². The Hall–Kier alpha value is -2.93. The van der Waals surface area contributed by atoms with Crippen molar-refractivity contribution in [2.45, 2.75) is 13.5 Å². The third kappa shape index (κ3) is 5.54. The molecular weight excluding hydrogens is 405 g/mol. The molecule has 0 spiro atoms. The van der Waals surface area contributed by atoms with E-state index in [4.69, 9.17) is 32.7 Å². The Morgan fingerprint density at radius 2 is 1.76 bits per heavy atom. The predicted molar refractivity (Wildman–Crippen MR) is 118 cm³/mol. The molecule has 0 saturated heterocycles. The number of ether oxygens (including phenoxy) is 2. The number of hydrogen-bond acceptors (Lipinski definition) is 3. The van der Waals surface area contributed by atoms with Crippen LogP contribution in [0, 0.1) is 11.3 Å². The molecule has 0 saturated carbocycles. The van der Waals surface area contributed by atoms with Gasteiger partial charge in [0.15, 0.2) is 11.5 Å². The summed E-state index contributed by atoms with van der Waals surface area (Å²) in [6.45, 7) is 2.70. The maximum absolute atomic E-state index is 9.53. The topological polar surface area (TPSA) is 42.2 Å². The molecule has 0 bridgehead atoms. The Bertz CT molecular complexity index is 1060. The number of nitriles is 1. The van der Waals surface area contributed by atoms with Gasteiger partial charge in [-0.2, -0.15) is 5.26 Å². The third-order valence-corrected chi connectivity index (χ3v) is 4.77. The molecule has 0 unspecified atom stereocenters. The van der Waals surface area contributed by atoms with Gasteiger partial charge in [-0.05, 0) is 48.4 Å². The van der Waals surface area contributed by atoms with Gasteiger partial charge in [0.2, 0.25) is 0 Å². The molecule has 3 rings (SSSR count). The first-order valence-corrected chi connectivity index (χ1v) is 9.87. The average molecular weight is 424 g/mol. The first-order valence-electron chi connectivity index (χ1n) is 9.11. The Balaban J connectivity index is 1.85. The zero-order valence-corrected chi connectivity index (χ0v) is 17.4. The van der Waals surface area contributed by atoms with Crippen LogP contribution in [0.2, 0.25) is 10.0 Å². The molecule has 3 nitrogen and oxygen atoms in total. The van der Waals surface area contributed by atoms with Gasteiger partial charge in [0.05, 0.1) is 18.2 Å². The van der Waals surface area contributed by atoms with E-state index in [2.05, 4.69) is 6.07 Å². The van der Waals surface area contributed by atoms with Crippen LogP contribution < -0.4 is 9.47 Å². The van der Waals surface area contributed by atoms with E-state index in [0.717, 1.165) is 16.7 Å². The maximum Gasteiger partial charge on any atom is 0.161 e. The number of hydrogen-bond donors (Lipinski definition) is 0. The van der Waals surface area contributed by atoms with Gasteiger partial charge in [0.25, 0.3) is 0 Å². The molecule has 29 heavy (non-hydrogen) atoms. The van der Waals surface area contributed by atoms with Crippen molar-refractivity contribution in [3.05, 3.63) is 93.5 Å². The lowest BCUT2D eigenvalue weighted by atomic mass is 10.0. The van der Waals surface area contributed by atoms with Gasteiger partial charge < -0.3 is 9.47 Å². The average Bonchev–Trinajstić information content (AvgIpc) is 2.73. The Morgan fingerprint density at radius 3 is 2.45 bits per heavy atom. The molecule has 0 fully saturated rings. The SMILES string of the molecule is CCOc1cc(/C=C(/C#N)c2ccccc2)ccc1OCc1ccc(Cl)cc1Cl. The smallest absolute Gasteiger partial charge is 0.161 e. The number of halogens is 2. The van der Waals surface area contributed by atoms with E-state index in [-0.39, 0.29) is 0 Å². The number of nitrogens with zero attached hydrogens (tertiary/aromatic N) is 1. The van der Waals surface area contributed by atoms with Crippen LogP contribution in [-0.4, -0.2) is 6.61 Å². The van der Waals surface area contributed by atoms with Crippen LogP contribution in [0.3, 0.4) is 0 Å². The van der Waals surface area contributed by atoms with Crippen LogP contribution in [0.1, 0.15) is 23.6 Å². The highest BCUT2D eigenvalue weighted by Gasteiger charge is 2.09. The van der Waals surface area contributed by atoms with E-state index in [1.807, 2.05) is 67.6 Å². The minimum absolute atomic E-state index is 0.290. The number of benzene rings is 3. The normalized spacial score (nSPS) is 11.0. The molecule has 5 heteroatoms. The fourth-order valence-corrected chi connectivity index (χ4v) is 3.22. The minimum atomic E-state index is 0.290. The molecule has 3 aromatic carbocycles. The molecule has 0 amide bonds. The second-order valence-corrected chi connectivity index (χ2v) is 7.04. The summed E-state index contributed by atoms with van der Waals surface area (Å²) < 4.78 is 11.7. The van der Waals surface area contributed by atoms with Gasteiger partial charge in [-0.3, -0.25) is 0 Å². The number of allylic oxidation sites excluding steroid dienone is 1. The van der Waals surface area contributed by atoms with Crippen LogP contribution in [0.4, 0.5) is 0 Å². The van der Waals surface area contributed by atoms with Gasteiger partial charge in [-0.1, -0.05) is 65.7 Å². The molecule has 0 heterocycles. The molecule has 3 aromatic rings. The summed E-state index contributed by atoms with van der Waals surface area (Å²) in [5.74, 6) is 1.21. The highest BCUT2D eigenvalue weighted by atomic mass is 35.5. The van der Waals surface area contributed by atoms with Crippen molar-refractivity contribution in [1.29, 1.82) is 5.26 Å². The van der Waals surface area contributed by atoms with E-state index < -0.39 is 0 Å². The lowest BCUT2D eigenvalue weighted by molar-refractivity contribution is 0.269. The summed E-state index contributed by atoms with van der Waals surface area (Å²) in [4.78, 5) is 0. The van der Waals surface area contributed by atoms with Gasteiger partial charge in [0.1, 0.15) is 6.61 Å². The fourth-order valence-electron chi connectivity index (χ4n) is 2.76. The van der Waals surface area contributed by atoms with E-state index >= 15 is 0 Å². The lowest BCUT2D eigenvalue weighted by Gasteiger charge is -2.13. The Morgan fingerprint density at radius 1 is 0.966 bits per heavy atom. The van der Waals surface area contributed by atoms with Crippen LogP contribution in [-0.2, 0) is 6.61 Å². The zero-order valence-electron chi connectivity index (χ0n) is 15.9. The Labute approximate surface area is 180 Å². The summed E-state index contributed by atoms with van der Waals surface area (Å²) in [6, 6.07) is 22.7. The van der Waals surface area contributed by atoms with E-state index in [9.17, 15) is 5.26 Å². The zero-order chi connectivity index (χ0) is 20.6. The van der Waals surface area contributed by atoms with Crippen molar-refractivity contribution >= 4 is 34.9 Å². The molecule has 0 aromatic heterocycles. The summed E-state index contributed by atoms with van der Waals surface area (Å²) >= 11 is 12.2. The van der Waals surface area contributed by atoms with Gasteiger partial charge in [0, 0.05) is 15.6 Å². The number of rotatable bonds is 7. The summed E-state index contributed by atoms with van der Waals surface area (Å²) in [6.07, 6.45) is 1.83. The highest BCUT2D eigenvalue weighted by molar-refractivity contribution is 6.35. The maximum atomic E-state index is 9.53. The highest BCUT2D eigenvalue weighted by Crippen LogP contribution is 2.32. The monoisotopic (exact) mass is 423 g/mol. The Kier molecular flexibility index (Phi) is 7.19. The molecule has 0 aliphatic rings. The lowest BCUT2D eigenvalue weighted by Crippen LogP contribution is -2.00. The van der Waals surface area contributed by atoms with E-state index in [1.54, 1.807) is 12.1 Å². The first kappa shape index (κ1) is 20.8. The molecule has 0 N–H and O–H groups in total. The van der Waals surface area contributed by atoms with Crippen molar-refractivity contribution in [3.63, 3.8) is 0 Å². The first-order chi connectivity index (χ1) is 14.1. The quantitative estimate of drug-likeness (QED) is 0.302. The van der Waals surface area contributed by atoms with Gasteiger partial charge in [-0.25, -0.2) is 0 Å². The van der Waals surface area contributed by atoms with Crippen LogP contribution in [0.5, 0.6) is 11.5 Å². The fraction of sp³-hybridized carbons (Fsp3) is 0.125. The largest absolute Gasteiger partial charge is 0.490 e. The van der Waals surface area contributed by atoms with Crippen LogP contribution in [0.25, 0.3) is 11.6 Å². The van der Waals surface area contributed by atoms with Crippen molar-refractivity contribution < 1.29 is 9.47 Å². The van der Waals surface area contributed by atoms with Crippen molar-refractivity contribution in [3.8, 4) is 17.6 Å². The van der Waals surface area contributed by atoms with Crippen molar-refractivity contribution in [2.75, 3.05) is 6.61 Å². The second kappa shape index (κ2) is 10.0. The molecule has 0 aliphatic carbocycles. The standard InChI is InChI=1S/C24H19Cl2NO2/c1-2-28-24-13-17(12-20(15-27)18-6-4-3-5-7-18)8-11-23(24)29-16-19-9-10-21(25)14-22(19)26/h3-14H,2,16H2,1H3/b20-12-. The summed E-state index contributed by atoms with van der Waals surface area (Å²) in [5, 5.41) is 10.7. The summed E-state index contributed by atoms with van der Waals surface area (Å²) in [5.41, 5.74) is 3.13. The minimum Gasteiger partial charge on any atom is -0.490 e. The van der Waals surface area contributed by atoms with E-state index in [1.165, 1.54) is 0 Å². The molecule has 146 valence electrons. The third-order valence-electron chi connectivity index (χ3n) is 4.18. The second-order valence-electron chi connectivity index (χ2n) is 6.20. The molecule has 0 aliphatic heterocycles. The van der Waals surface area contributed by atoms with Crippen molar-refractivity contribution in [2.24, 2.45) is 0 Å². The van der Waals surface area contributed by atoms with E-state index in [0.29, 0.717) is 40.3 Å². The van der Waals surface area contributed by atoms with Gasteiger partial charge in [-0.15, -0.1) is 0 Å². The molecule has 0 atom stereocenters.